The minimum atomic E-state index is -3.48. The van der Waals surface area contributed by atoms with Crippen molar-refractivity contribution in [2.24, 2.45) is 107 Å². The lowest BCUT2D eigenvalue weighted by atomic mass is 9.69. The van der Waals surface area contributed by atoms with Crippen LogP contribution in [0.15, 0.2) is 97.1 Å². The highest BCUT2D eigenvalue weighted by molar-refractivity contribution is 6.32. The first-order valence-electron chi connectivity index (χ1n) is 53.6. The molecule has 9 aliphatic carbocycles. The Bertz CT molecular complexity index is 5090. The van der Waals surface area contributed by atoms with E-state index in [1.165, 1.54) is 192 Å². The Labute approximate surface area is 877 Å². The molecule has 0 radical (unpaired) electrons. The van der Waals surface area contributed by atoms with Gasteiger partial charge in [0, 0.05) is 12.8 Å². The number of rotatable bonds is 22. The molecule has 0 heterocycles. The van der Waals surface area contributed by atoms with Crippen LogP contribution in [-0.4, -0.2) is 31.0 Å². The average Bonchev–Trinajstić information content (AvgIpc) is 0.854. The first kappa shape index (κ1) is 120. The summed E-state index contributed by atoms with van der Waals surface area (Å²) in [5.41, 5.74) is 3.14. The van der Waals surface area contributed by atoms with E-state index in [9.17, 15) is 87.8 Å². The molecule has 5 nitrogen and oxygen atoms in total. The van der Waals surface area contributed by atoms with Crippen LogP contribution in [0.2, 0.25) is 10.0 Å². The number of alkyl halides is 8. The van der Waals surface area contributed by atoms with Gasteiger partial charge in [0.05, 0.1) is 28.7 Å². The summed E-state index contributed by atoms with van der Waals surface area (Å²) >= 11 is 11.4. The van der Waals surface area contributed by atoms with Gasteiger partial charge in [-0.2, -0.15) is 48.3 Å². The molecule has 0 bridgehead atoms. The van der Waals surface area contributed by atoms with E-state index in [0.717, 1.165) is 99.0 Å². The summed E-state index contributed by atoms with van der Waals surface area (Å²) in [5, 5.41) is -0.551. The molecule has 9 saturated carbocycles. The number of ether oxygens (including phenoxy) is 5. The van der Waals surface area contributed by atoms with Gasteiger partial charge in [0.1, 0.15) is 23.2 Å². The lowest BCUT2D eigenvalue weighted by molar-refractivity contribution is -0.226. The zero-order valence-corrected chi connectivity index (χ0v) is 89.1. The molecule has 0 spiro atoms. The average molecular weight is 2130 g/mol. The summed E-state index contributed by atoms with van der Waals surface area (Å²) in [5.74, 6) is -7.35. The molecule has 832 valence electrons. The fraction of sp³-hybridized carbons (Fsp3) is 0.630. The predicted octanol–water partition coefficient (Wildman–Crippen LogP) is 41.5. The summed E-state index contributed by atoms with van der Waals surface area (Å²) in [6.07, 6.45) is 26.0. The summed E-state index contributed by atoms with van der Waals surface area (Å²) in [7, 11) is 0. The standard InChI is InChI=1S/C21H28F4O.C21H30F2.C17H22F2O.2C15H18ClF3O.C15H18F4O.C15H20F2.9H2/c1-13-3-6-15(7-4-13)16-8-10-17(11-9-16)21(24,25)26-18-12-5-14(2)19(22)20(18)23;1-14-3-8-17(9-4-14)18-11-6-16(7-12-18)13-19-10-5-15(2)20(22)21(19)23;1-12-5-8-14(9-6-12)4-3-11-20-15-10-7-13(2)16(18)17(15)19;1-9-3-6-11(7-4-9)15(18,19)20-12-8-5-10(2)14(17)13(12)16;2*1-9-3-6-11(7-4-9)15(18,19)20-12-8-5-10(2)13(16)14(12)17;1-10-3-6-12(7-4-10)9-13-8-5-11(2)14(16)15(13)17;;;;;;;;;/h5,12-13,15-17H,3-4,6-11H2,1-2H3;5,10,14,16-18H,3-4,6-9,11-13H2,1-2H3;3-4,7,10,12,14H,5-6,8-9,11H2,1-2H3;3*5,8-9,11H,3-4,6-7H2,1-2H3;5,8,10,12H,3-4,6-7,9H2,1-2H3;9*1H/b;;4-3+;;;;;;;;;;;;;. The number of hydrogen-bond acceptors (Lipinski definition) is 5. The molecule has 0 aliphatic heterocycles. The minimum absolute atomic E-state index is 0. The molecular formula is C119H172Cl2F20O5. The highest BCUT2D eigenvalue weighted by Crippen LogP contribution is 2.51. The Balaban J connectivity index is 0.000000898. The van der Waals surface area contributed by atoms with Crippen molar-refractivity contribution < 1.29 is 124 Å². The molecule has 7 aromatic rings. The Kier molecular flexibility index (Phi) is 45.9. The van der Waals surface area contributed by atoms with Crippen LogP contribution in [-0.2, 0) is 12.8 Å². The molecule has 146 heavy (non-hydrogen) atoms. The number of allylic oxidation sites excluding steroid dienone is 1. The van der Waals surface area contributed by atoms with Gasteiger partial charge in [-0.15, -0.1) is 0 Å². The van der Waals surface area contributed by atoms with E-state index in [1.807, 2.05) is 13.0 Å². The molecule has 7 aromatic carbocycles. The van der Waals surface area contributed by atoms with Crippen molar-refractivity contribution in [1.29, 1.82) is 0 Å². The van der Waals surface area contributed by atoms with Gasteiger partial charge in [-0.1, -0.05) is 228 Å². The van der Waals surface area contributed by atoms with Crippen LogP contribution in [0.25, 0.3) is 0 Å². The molecule has 27 heteroatoms. The summed E-state index contributed by atoms with van der Waals surface area (Å²) < 4.78 is 301. The second-order valence-electron chi connectivity index (χ2n) is 44.6. The highest BCUT2D eigenvalue weighted by atomic mass is 35.5. The third-order valence-corrected chi connectivity index (χ3v) is 33.7. The summed E-state index contributed by atoms with van der Waals surface area (Å²) in [6.45, 7) is 26.2. The van der Waals surface area contributed by atoms with Crippen LogP contribution < -0.4 is 23.7 Å². The van der Waals surface area contributed by atoms with Crippen molar-refractivity contribution >= 4 is 23.2 Å². The normalized spacial score (nSPS) is 26.2. The van der Waals surface area contributed by atoms with Crippen molar-refractivity contribution in [2.45, 2.75) is 365 Å². The van der Waals surface area contributed by atoms with Gasteiger partial charge in [-0.05, 0) is 366 Å². The monoisotopic (exact) mass is 2130 g/mol. The Morgan fingerprint density at radius 2 is 0.473 bits per heavy atom. The molecule has 9 aliphatic rings. The number of halogens is 22. The summed E-state index contributed by atoms with van der Waals surface area (Å²) in [4.78, 5) is 0. The number of aryl methyl sites for hydroxylation is 7. The van der Waals surface area contributed by atoms with Crippen LogP contribution in [0.3, 0.4) is 0 Å². The van der Waals surface area contributed by atoms with E-state index in [0.29, 0.717) is 163 Å². The largest absolute Gasteiger partial charge is 0.486 e. The molecule has 0 amide bonds. The molecule has 0 N–H and O–H groups in total. The fourth-order valence-corrected chi connectivity index (χ4v) is 22.7. The zero-order chi connectivity index (χ0) is 107. The van der Waals surface area contributed by atoms with E-state index in [1.54, 1.807) is 45.0 Å². The summed E-state index contributed by atoms with van der Waals surface area (Å²) in [6, 6.07) is 19.9. The topological polar surface area (TPSA) is 46.2 Å². The molecule has 9 fully saturated rings. The quantitative estimate of drug-likeness (QED) is 0.0500. The van der Waals surface area contributed by atoms with Crippen molar-refractivity contribution in [3.8, 4) is 28.7 Å². The van der Waals surface area contributed by atoms with E-state index >= 15 is 0 Å². The minimum Gasteiger partial charge on any atom is -0.486 e. The van der Waals surface area contributed by atoms with Gasteiger partial charge in [0.2, 0.25) is 17.5 Å². The van der Waals surface area contributed by atoms with E-state index < -0.39 is 135 Å². The van der Waals surface area contributed by atoms with Crippen molar-refractivity contribution in [3.63, 3.8) is 0 Å². The van der Waals surface area contributed by atoms with Crippen molar-refractivity contribution in [2.75, 3.05) is 6.61 Å². The third kappa shape index (κ3) is 34.7. The first-order valence-corrected chi connectivity index (χ1v) is 54.3. The van der Waals surface area contributed by atoms with Gasteiger partial charge in [-0.3, -0.25) is 0 Å². The van der Waals surface area contributed by atoms with Crippen LogP contribution >= 0.6 is 23.2 Å². The Morgan fingerprint density at radius 1 is 0.247 bits per heavy atom. The van der Waals surface area contributed by atoms with Gasteiger partial charge in [-0.25, -0.2) is 39.5 Å². The maximum Gasteiger partial charge on any atom is 0.400 e. The number of benzene rings is 7. The van der Waals surface area contributed by atoms with Crippen LogP contribution in [0, 0.1) is 225 Å². The second-order valence-corrected chi connectivity index (χ2v) is 45.4. The zero-order valence-electron chi connectivity index (χ0n) is 87.6. The van der Waals surface area contributed by atoms with Crippen LogP contribution in [0.1, 0.15) is 343 Å². The molecule has 16 rings (SSSR count). The maximum atomic E-state index is 14.5. The smallest absolute Gasteiger partial charge is 0.400 e. The predicted molar refractivity (Wildman–Crippen MR) is 560 cm³/mol. The highest BCUT2D eigenvalue weighted by Gasteiger charge is 2.49. The molecule has 0 atom stereocenters. The van der Waals surface area contributed by atoms with E-state index in [4.69, 9.17) is 32.7 Å². The Morgan fingerprint density at radius 3 is 0.808 bits per heavy atom. The second kappa shape index (κ2) is 55.7. The SMILES string of the molecule is Cc1ccc(CC2CCC(C)CC2)c(F)c1F.Cc1ccc(CC2CCC(C3CCC(C)CC3)CC2)c(F)c1F.Cc1ccc(OC(F)(F)C2CCC(C)CC2)c(Cl)c1F.Cc1ccc(OC(F)(F)C2CCC(C)CC2)c(F)c1Cl.Cc1ccc(OC(F)(F)C2CCC(C)CC2)c(F)c1F.Cc1ccc(OC(F)(F)C2CCC(C3CCC(C)CC3)CC2)c(F)c1F.Cc1ccc(OC/C=C/C2CCC(C)CC2)c(F)c1F.[HH].[HH].[HH].[HH].[HH].[HH].[HH].[HH].[HH]. The van der Waals surface area contributed by atoms with Crippen molar-refractivity contribution in [1.82, 2.24) is 0 Å². The van der Waals surface area contributed by atoms with Crippen LogP contribution in [0.5, 0.6) is 28.7 Å². The third-order valence-electron chi connectivity index (χ3n) is 32.9. The Hall–Kier alpha value is -7.54. The maximum absolute atomic E-state index is 14.5. The fourth-order valence-electron chi connectivity index (χ4n) is 22.3. The molecule has 0 aromatic heterocycles. The molecular weight excluding hydrogens is 1960 g/mol. The van der Waals surface area contributed by atoms with Gasteiger partial charge >= 0.3 is 24.4 Å². The van der Waals surface area contributed by atoms with Gasteiger partial charge in [0.25, 0.3) is 0 Å². The van der Waals surface area contributed by atoms with Gasteiger partial charge < -0.3 is 23.7 Å². The van der Waals surface area contributed by atoms with Crippen molar-refractivity contribution in [3.05, 3.63) is 227 Å². The number of hydrogen-bond donors (Lipinski definition) is 0. The van der Waals surface area contributed by atoms with E-state index in [-0.39, 0.29) is 52.1 Å². The van der Waals surface area contributed by atoms with Gasteiger partial charge in [0.15, 0.2) is 69.5 Å². The lowest BCUT2D eigenvalue weighted by Gasteiger charge is -2.38. The first-order chi connectivity index (χ1) is 68.9. The van der Waals surface area contributed by atoms with Crippen LogP contribution in [0.4, 0.5) is 87.8 Å². The molecule has 0 unspecified atom stereocenters. The molecule has 0 saturated heterocycles. The lowest BCUT2D eigenvalue weighted by Crippen LogP contribution is -2.38. The van der Waals surface area contributed by atoms with E-state index in [2.05, 4.69) is 61.8 Å².